The number of rotatable bonds is 6. The van der Waals surface area contributed by atoms with E-state index in [1.165, 1.54) is 0 Å². The van der Waals surface area contributed by atoms with Crippen molar-refractivity contribution in [2.45, 2.75) is 31.1 Å². The number of benzene rings is 1. The van der Waals surface area contributed by atoms with Crippen molar-refractivity contribution in [1.29, 1.82) is 0 Å². The lowest BCUT2D eigenvalue weighted by atomic mass is 10.2. The number of carbonyl (C=O) groups excluding carboxylic acids is 1. The van der Waals surface area contributed by atoms with Crippen molar-refractivity contribution in [2.75, 3.05) is 6.54 Å². The Morgan fingerprint density at radius 3 is 2.60 bits per heavy atom. The van der Waals surface area contributed by atoms with Gasteiger partial charge in [-0.3, -0.25) is 4.79 Å². The van der Waals surface area contributed by atoms with Gasteiger partial charge < -0.3 is 5.32 Å². The van der Waals surface area contributed by atoms with Crippen molar-refractivity contribution >= 4 is 41.6 Å². The second kappa shape index (κ2) is 7.38. The first kappa shape index (κ1) is 17.4. The molecule has 8 heteroatoms. The molecule has 0 spiro atoms. The highest BCUT2D eigenvalue weighted by atomic mass is 79.9. The monoisotopic (exact) mass is 385 g/mol. The lowest BCUT2D eigenvalue weighted by molar-refractivity contribution is 0.0951. The van der Waals surface area contributed by atoms with E-state index in [-0.39, 0.29) is 10.0 Å². The predicted octanol–water partition coefficient (Wildman–Crippen LogP) is 3.44. The summed E-state index contributed by atoms with van der Waals surface area (Å²) in [7, 11) is 1.07. The van der Waals surface area contributed by atoms with Crippen molar-refractivity contribution in [1.82, 2.24) is 5.32 Å². The third-order valence-electron chi connectivity index (χ3n) is 2.58. The molecule has 0 aromatic heterocycles. The second-order valence-corrected chi connectivity index (χ2v) is 7.49. The van der Waals surface area contributed by atoms with Gasteiger partial charge in [-0.15, -0.1) is 0 Å². The van der Waals surface area contributed by atoms with Gasteiger partial charge in [-0.2, -0.15) is 0 Å². The first-order valence-corrected chi connectivity index (χ1v) is 9.09. The summed E-state index contributed by atoms with van der Waals surface area (Å²) in [6.07, 6.45) is 2.77. The summed E-state index contributed by atoms with van der Waals surface area (Å²) < 4.78 is 36.0. The topological polar surface area (TPSA) is 63.2 Å². The van der Waals surface area contributed by atoms with Crippen LogP contribution in [0.5, 0.6) is 0 Å². The van der Waals surface area contributed by atoms with Crippen molar-refractivity contribution < 1.29 is 17.6 Å². The van der Waals surface area contributed by atoms with Gasteiger partial charge in [-0.1, -0.05) is 19.8 Å². The second-order valence-electron chi connectivity index (χ2n) is 4.17. The summed E-state index contributed by atoms with van der Waals surface area (Å²) in [6, 6.07) is 1.73. The van der Waals surface area contributed by atoms with Crippen molar-refractivity contribution in [3.05, 3.63) is 28.0 Å². The molecule has 1 aromatic carbocycles. The minimum Gasteiger partial charge on any atom is -0.352 e. The highest BCUT2D eigenvalue weighted by molar-refractivity contribution is 9.10. The van der Waals surface area contributed by atoms with Gasteiger partial charge in [0.25, 0.3) is 15.0 Å². The fourth-order valence-corrected chi connectivity index (χ4v) is 3.85. The Kier molecular flexibility index (Phi) is 6.42. The van der Waals surface area contributed by atoms with Gasteiger partial charge in [0.1, 0.15) is 10.7 Å². The standard InChI is InChI=1S/C12H14BrClFNO3S/c1-2-3-4-5-16-12(17)9-6-8(15)7-10(11(9)13)20(14,18)19/h6-7H,2-5H2,1H3,(H,16,17). The number of halogens is 3. The molecule has 0 saturated heterocycles. The molecule has 1 rings (SSSR count). The molecular formula is C12H14BrClFNO3S. The maximum atomic E-state index is 13.4. The van der Waals surface area contributed by atoms with E-state index in [1.54, 1.807) is 0 Å². The highest BCUT2D eigenvalue weighted by Crippen LogP contribution is 2.29. The van der Waals surface area contributed by atoms with Crippen LogP contribution in [0, 0.1) is 5.82 Å². The van der Waals surface area contributed by atoms with Gasteiger partial charge in [0, 0.05) is 17.2 Å². The van der Waals surface area contributed by atoms with Crippen LogP contribution in [-0.2, 0) is 9.05 Å². The van der Waals surface area contributed by atoms with E-state index < -0.39 is 25.7 Å². The van der Waals surface area contributed by atoms with Crippen LogP contribution in [0.3, 0.4) is 0 Å². The lowest BCUT2D eigenvalue weighted by Gasteiger charge is -2.09. The molecule has 0 bridgehead atoms. The molecule has 20 heavy (non-hydrogen) atoms. The van der Waals surface area contributed by atoms with Crippen LogP contribution < -0.4 is 5.32 Å². The maximum Gasteiger partial charge on any atom is 0.262 e. The number of amides is 1. The Morgan fingerprint density at radius 1 is 1.40 bits per heavy atom. The number of unbranched alkanes of at least 4 members (excludes halogenated alkanes) is 2. The van der Waals surface area contributed by atoms with E-state index >= 15 is 0 Å². The van der Waals surface area contributed by atoms with Crippen LogP contribution in [-0.4, -0.2) is 20.9 Å². The Hall–Kier alpha value is -0.660. The molecular weight excluding hydrogens is 373 g/mol. The lowest BCUT2D eigenvalue weighted by Crippen LogP contribution is -2.25. The number of hydrogen-bond acceptors (Lipinski definition) is 3. The number of nitrogens with one attached hydrogen (secondary N) is 1. The van der Waals surface area contributed by atoms with E-state index in [0.717, 1.165) is 31.4 Å². The summed E-state index contributed by atoms with van der Waals surface area (Å²) >= 11 is 2.98. The normalized spacial score (nSPS) is 11.4. The summed E-state index contributed by atoms with van der Waals surface area (Å²) in [4.78, 5) is 11.5. The molecule has 0 aliphatic heterocycles. The highest BCUT2D eigenvalue weighted by Gasteiger charge is 2.22. The van der Waals surface area contributed by atoms with Gasteiger partial charge in [0.2, 0.25) is 0 Å². The van der Waals surface area contributed by atoms with Crippen molar-refractivity contribution in [3.63, 3.8) is 0 Å². The minimum atomic E-state index is -4.14. The molecule has 112 valence electrons. The molecule has 0 radical (unpaired) electrons. The van der Waals surface area contributed by atoms with Gasteiger partial charge in [0.15, 0.2) is 0 Å². The van der Waals surface area contributed by atoms with Gasteiger partial charge in [-0.25, -0.2) is 12.8 Å². The van der Waals surface area contributed by atoms with Crippen LogP contribution in [0.2, 0.25) is 0 Å². The molecule has 0 unspecified atom stereocenters. The largest absolute Gasteiger partial charge is 0.352 e. The molecule has 0 aliphatic rings. The Balaban J connectivity index is 3.01. The van der Waals surface area contributed by atoms with Gasteiger partial charge in [0.05, 0.1) is 10.0 Å². The molecule has 0 fully saturated rings. The zero-order valence-corrected chi connectivity index (χ0v) is 13.9. The maximum absolute atomic E-state index is 13.4. The fourth-order valence-electron chi connectivity index (χ4n) is 1.58. The SMILES string of the molecule is CCCCCNC(=O)c1cc(F)cc(S(=O)(=O)Cl)c1Br. The minimum absolute atomic E-state index is 0.0399. The van der Waals surface area contributed by atoms with Crippen LogP contribution in [0.25, 0.3) is 0 Å². The molecule has 1 amide bonds. The Morgan fingerprint density at radius 2 is 2.05 bits per heavy atom. The number of carbonyl (C=O) groups is 1. The van der Waals surface area contributed by atoms with E-state index in [4.69, 9.17) is 10.7 Å². The summed E-state index contributed by atoms with van der Waals surface area (Å²) in [6.45, 7) is 2.47. The van der Waals surface area contributed by atoms with E-state index in [0.29, 0.717) is 6.54 Å². The number of hydrogen-bond donors (Lipinski definition) is 1. The van der Waals surface area contributed by atoms with Crippen molar-refractivity contribution in [3.8, 4) is 0 Å². The summed E-state index contributed by atoms with van der Waals surface area (Å²) in [5.41, 5.74) is -0.0966. The third kappa shape index (κ3) is 4.71. The van der Waals surface area contributed by atoms with E-state index in [1.807, 2.05) is 6.92 Å². The van der Waals surface area contributed by atoms with Crippen LogP contribution >= 0.6 is 26.6 Å². The average molecular weight is 387 g/mol. The van der Waals surface area contributed by atoms with Crippen molar-refractivity contribution in [2.24, 2.45) is 0 Å². The fraction of sp³-hybridized carbons (Fsp3) is 0.417. The quantitative estimate of drug-likeness (QED) is 0.602. The zero-order valence-electron chi connectivity index (χ0n) is 10.8. The van der Waals surface area contributed by atoms with Gasteiger partial charge in [-0.05, 0) is 34.5 Å². The Labute approximate surface area is 130 Å². The smallest absolute Gasteiger partial charge is 0.262 e. The van der Waals surface area contributed by atoms with E-state index in [2.05, 4.69) is 21.2 Å². The third-order valence-corrected chi connectivity index (χ3v) is 5.04. The molecule has 0 heterocycles. The van der Waals surface area contributed by atoms with Gasteiger partial charge >= 0.3 is 0 Å². The molecule has 0 atom stereocenters. The Bertz CT molecular complexity index is 607. The average Bonchev–Trinajstić information content (AvgIpc) is 2.35. The molecule has 0 aliphatic carbocycles. The molecule has 1 aromatic rings. The first-order valence-electron chi connectivity index (χ1n) is 5.99. The van der Waals surface area contributed by atoms with Crippen LogP contribution in [0.1, 0.15) is 36.5 Å². The molecule has 0 saturated carbocycles. The zero-order chi connectivity index (χ0) is 15.3. The summed E-state index contributed by atoms with van der Waals surface area (Å²) in [5.74, 6) is -1.39. The molecule has 1 N–H and O–H groups in total. The molecule has 4 nitrogen and oxygen atoms in total. The first-order chi connectivity index (χ1) is 9.27. The van der Waals surface area contributed by atoms with E-state index in [9.17, 15) is 17.6 Å². The predicted molar refractivity (Wildman–Crippen MR) is 79.0 cm³/mol. The van der Waals surface area contributed by atoms with Crippen LogP contribution in [0.4, 0.5) is 4.39 Å². The summed E-state index contributed by atoms with van der Waals surface area (Å²) in [5, 5.41) is 2.61. The van der Waals surface area contributed by atoms with Crippen LogP contribution in [0.15, 0.2) is 21.5 Å².